The van der Waals surface area contributed by atoms with Crippen molar-refractivity contribution in [1.82, 2.24) is 0 Å². The van der Waals surface area contributed by atoms with Crippen molar-refractivity contribution in [3.05, 3.63) is 48.6 Å². The van der Waals surface area contributed by atoms with E-state index in [1.54, 1.807) is 0 Å². The third kappa shape index (κ3) is 37.5. The van der Waals surface area contributed by atoms with Crippen LogP contribution in [-0.2, 0) is 32.7 Å². The first-order chi connectivity index (χ1) is 24.8. The van der Waals surface area contributed by atoms with Crippen LogP contribution in [0.4, 0.5) is 0 Å². The second-order valence-electron chi connectivity index (χ2n) is 13.2. The number of hydrogen-bond acceptors (Lipinski definition) is 8. The summed E-state index contributed by atoms with van der Waals surface area (Å²) < 4.78 is 32.6. The summed E-state index contributed by atoms with van der Waals surface area (Å²) in [5, 5.41) is 0. The number of hydrogen-bond donors (Lipinski definition) is 2. The summed E-state index contributed by atoms with van der Waals surface area (Å²) >= 11 is 0. The van der Waals surface area contributed by atoms with E-state index in [0.717, 1.165) is 64.2 Å². The molecule has 0 fully saturated rings. The van der Waals surface area contributed by atoms with Crippen LogP contribution in [0.1, 0.15) is 168 Å². The highest BCUT2D eigenvalue weighted by atomic mass is 31.2. The van der Waals surface area contributed by atoms with E-state index in [0.29, 0.717) is 12.8 Å². The number of carbonyl (C=O) groups excluding carboxylic acids is 2. The lowest BCUT2D eigenvalue weighted by atomic mass is 10.1. The number of phosphoric ester groups is 1. The van der Waals surface area contributed by atoms with Gasteiger partial charge in [-0.3, -0.25) is 18.6 Å². The Hall–Kier alpha value is -2.03. The Kier molecular flexibility index (Phi) is 36.2. The minimum atomic E-state index is -4.38. The molecule has 0 heterocycles. The monoisotopic (exact) mass is 740 g/mol. The lowest BCUT2D eigenvalue weighted by molar-refractivity contribution is -0.161. The summed E-state index contributed by atoms with van der Waals surface area (Å²) in [7, 11) is -4.38. The fourth-order valence-electron chi connectivity index (χ4n) is 5.18. The quantitative estimate of drug-likeness (QED) is 0.0210. The van der Waals surface area contributed by atoms with Crippen molar-refractivity contribution in [2.75, 3.05) is 26.4 Å². The van der Waals surface area contributed by atoms with E-state index in [4.69, 9.17) is 24.3 Å². The fraction of sp³-hybridized carbons (Fsp3) is 0.756. The van der Waals surface area contributed by atoms with E-state index in [1.807, 2.05) is 0 Å². The molecular weight excluding hydrogens is 665 g/mol. The maximum absolute atomic E-state index is 12.5. The van der Waals surface area contributed by atoms with Crippen molar-refractivity contribution in [2.24, 2.45) is 5.73 Å². The van der Waals surface area contributed by atoms with E-state index >= 15 is 0 Å². The topological polar surface area (TPSA) is 134 Å². The molecular formula is C41H74NO8P. The first-order valence-corrected chi connectivity index (χ1v) is 21.6. The Labute approximate surface area is 311 Å². The zero-order chi connectivity index (χ0) is 37.5. The Bertz CT molecular complexity index is 981. The van der Waals surface area contributed by atoms with E-state index in [-0.39, 0.29) is 32.6 Å². The molecule has 0 rings (SSSR count). The van der Waals surface area contributed by atoms with Crippen LogP contribution in [0.2, 0.25) is 0 Å². The van der Waals surface area contributed by atoms with Gasteiger partial charge in [0.25, 0.3) is 0 Å². The highest BCUT2D eigenvalue weighted by Gasteiger charge is 2.25. The highest BCUT2D eigenvalue weighted by molar-refractivity contribution is 7.47. The lowest BCUT2D eigenvalue weighted by Crippen LogP contribution is -2.29. The third-order valence-corrected chi connectivity index (χ3v) is 9.20. The summed E-state index contributed by atoms with van der Waals surface area (Å²) in [4.78, 5) is 34.7. The van der Waals surface area contributed by atoms with Gasteiger partial charge in [-0.1, -0.05) is 133 Å². The van der Waals surface area contributed by atoms with Crippen LogP contribution in [-0.4, -0.2) is 49.3 Å². The number of rotatable bonds is 37. The molecule has 2 atom stereocenters. The molecule has 51 heavy (non-hydrogen) atoms. The number of unbranched alkanes of at least 4 members (excludes halogenated alkanes) is 17. The van der Waals surface area contributed by atoms with Crippen LogP contribution in [0.5, 0.6) is 0 Å². The van der Waals surface area contributed by atoms with Gasteiger partial charge in [-0.2, -0.15) is 0 Å². The molecule has 0 bridgehead atoms. The first kappa shape index (κ1) is 49.0. The average Bonchev–Trinajstić information content (AvgIpc) is 3.11. The molecule has 0 saturated heterocycles. The van der Waals surface area contributed by atoms with Crippen LogP contribution in [0, 0.1) is 0 Å². The van der Waals surface area contributed by atoms with Gasteiger partial charge in [-0.15, -0.1) is 0 Å². The van der Waals surface area contributed by atoms with Gasteiger partial charge in [0.05, 0.1) is 13.2 Å². The number of phosphoric acid groups is 1. The van der Waals surface area contributed by atoms with Gasteiger partial charge in [0.15, 0.2) is 6.10 Å². The van der Waals surface area contributed by atoms with Crippen molar-refractivity contribution >= 4 is 19.8 Å². The summed E-state index contributed by atoms with van der Waals surface area (Å²) in [6.07, 6.45) is 41.4. The van der Waals surface area contributed by atoms with E-state index < -0.39 is 32.5 Å². The van der Waals surface area contributed by atoms with Crippen molar-refractivity contribution in [1.29, 1.82) is 0 Å². The second kappa shape index (κ2) is 37.7. The number of nitrogens with two attached hydrogens (primary N) is 1. The summed E-state index contributed by atoms with van der Waals surface area (Å²) in [5.41, 5.74) is 5.33. The van der Waals surface area contributed by atoms with Crippen LogP contribution < -0.4 is 5.73 Å². The Morgan fingerprint density at radius 3 is 1.67 bits per heavy atom. The standard InChI is InChI=1S/C41H74NO8P/c1-3-5-7-9-11-13-15-17-19-21-23-25-27-29-31-33-40(43)47-37-39(38-49-51(45,46)48-36-35-42)50-41(44)34-32-30-28-26-24-22-20-18-16-14-12-10-8-6-4-2/h14,16-20,23,25,39H,3-13,15,21-22,24,26-38,42H2,1-2H3,(H,45,46)/b16-14+,19-17+,20-18+,25-23+/t39-/m1/s1. The summed E-state index contributed by atoms with van der Waals surface area (Å²) in [6, 6.07) is 0. The van der Waals surface area contributed by atoms with Gasteiger partial charge in [-0.05, 0) is 70.6 Å². The molecule has 10 heteroatoms. The predicted octanol–water partition coefficient (Wildman–Crippen LogP) is 11.2. The molecule has 0 aromatic heterocycles. The van der Waals surface area contributed by atoms with Gasteiger partial charge in [0, 0.05) is 19.4 Å². The van der Waals surface area contributed by atoms with Crippen LogP contribution in [0.3, 0.4) is 0 Å². The molecule has 0 radical (unpaired) electrons. The van der Waals surface area contributed by atoms with Crippen molar-refractivity contribution in [3.8, 4) is 0 Å². The number of esters is 2. The maximum Gasteiger partial charge on any atom is 0.472 e. The van der Waals surface area contributed by atoms with Gasteiger partial charge in [-0.25, -0.2) is 4.57 Å². The predicted molar refractivity (Wildman–Crippen MR) is 210 cm³/mol. The normalized spacial score (nSPS) is 13.9. The highest BCUT2D eigenvalue weighted by Crippen LogP contribution is 2.43. The van der Waals surface area contributed by atoms with E-state index in [9.17, 15) is 19.0 Å². The molecule has 0 aliphatic heterocycles. The van der Waals surface area contributed by atoms with Gasteiger partial charge >= 0.3 is 19.8 Å². The second-order valence-corrected chi connectivity index (χ2v) is 14.6. The first-order valence-electron chi connectivity index (χ1n) is 20.1. The molecule has 0 aliphatic rings. The molecule has 0 spiro atoms. The zero-order valence-corrected chi connectivity index (χ0v) is 33.2. The zero-order valence-electron chi connectivity index (χ0n) is 32.3. The van der Waals surface area contributed by atoms with Crippen molar-refractivity contribution < 1.29 is 37.6 Å². The fourth-order valence-corrected chi connectivity index (χ4v) is 5.95. The third-order valence-electron chi connectivity index (χ3n) is 8.22. The molecule has 0 aliphatic carbocycles. The average molecular weight is 740 g/mol. The molecule has 0 aromatic carbocycles. The van der Waals surface area contributed by atoms with Crippen LogP contribution in [0.25, 0.3) is 0 Å². The molecule has 0 saturated carbocycles. The minimum Gasteiger partial charge on any atom is -0.462 e. The molecule has 3 N–H and O–H groups in total. The Morgan fingerprint density at radius 1 is 0.608 bits per heavy atom. The number of ether oxygens (including phenoxy) is 2. The molecule has 1 unspecified atom stereocenters. The van der Waals surface area contributed by atoms with Crippen LogP contribution in [0.15, 0.2) is 48.6 Å². The largest absolute Gasteiger partial charge is 0.472 e. The van der Waals surface area contributed by atoms with Gasteiger partial charge in [0.1, 0.15) is 6.61 Å². The van der Waals surface area contributed by atoms with Gasteiger partial charge < -0.3 is 20.1 Å². The summed E-state index contributed by atoms with van der Waals surface area (Å²) in [6.45, 7) is 3.63. The molecule has 296 valence electrons. The van der Waals surface area contributed by atoms with Crippen molar-refractivity contribution in [3.63, 3.8) is 0 Å². The summed E-state index contributed by atoms with van der Waals surface area (Å²) in [5.74, 6) is -0.888. The van der Waals surface area contributed by atoms with E-state index in [2.05, 4.69) is 62.5 Å². The number of carbonyl (C=O) groups is 2. The Morgan fingerprint density at radius 2 is 1.08 bits per heavy atom. The van der Waals surface area contributed by atoms with E-state index in [1.165, 1.54) is 64.2 Å². The van der Waals surface area contributed by atoms with Gasteiger partial charge in [0.2, 0.25) is 0 Å². The smallest absolute Gasteiger partial charge is 0.462 e. The van der Waals surface area contributed by atoms with Crippen molar-refractivity contribution in [2.45, 2.75) is 174 Å². The molecule has 0 aromatic rings. The SMILES string of the molecule is CCCCCC/C=C/C=C/CCCCCCCC(=O)O[C@H](COC(=O)CCCC/C=C/C/C=C/CCCCCCCC)COP(=O)(O)OCCN. The maximum atomic E-state index is 12.5. The Balaban J connectivity index is 4.29. The number of allylic oxidation sites excluding steroid dienone is 8. The molecule has 0 amide bonds. The molecule has 9 nitrogen and oxygen atoms in total. The lowest BCUT2D eigenvalue weighted by Gasteiger charge is -2.19. The van der Waals surface area contributed by atoms with Crippen LogP contribution >= 0.6 is 7.82 Å². The minimum absolute atomic E-state index is 0.0450.